The molecule has 0 bridgehead atoms. The largest absolute Gasteiger partial charge is 0.103 e. The van der Waals surface area contributed by atoms with Crippen LogP contribution in [0.25, 0.3) is 0 Å². The number of allylic oxidation sites excluding steroid dienone is 1. The topological polar surface area (TPSA) is 0 Å². The lowest BCUT2D eigenvalue weighted by Gasteiger charge is -2.45. The number of rotatable bonds is 2. The summed E-state index contributed by atoms with van der Waals surface area (Å²) in [5, 5.41) is 0. The normalized spacial score (nSPS) is 27.0. The lowest BCUT2D eigenvalue weighted by Crippen LogP contribution is -2.34. The smallest absolute Gasteiger partial charge is 0.0123 e. The van der Waals surface area contributed by atoms with E-state index in [1.807, 2.05) is 0 Å². The van der Waals surface area contributed by atoms with Gasteiger partial charge in [-0.1, -0.05) is 84.2 Å². The zero-order valence-electron chi connectivity index (χ0n) is 17.1. The molecule has 0 heterocycles. The fraction of sp³-hybridized carbons (Fsp3) is 0.667. The Labute approximate surface area is 151 Å². The van der Waals surface area contributed by atoms with E-state index in [0.29, 0.717) is 10.8 Å². The number of benzene rings is 1. The van der Waals surface area contributed by atoms with Gasteiger partial charge in [0.1, 0.15) is 0 Å². The third kappa shape index (κ3) is 7.24. The monoisotopic (exact) mass is 328 g/mol. The van der Waals surface area contributed by atoms with Crippen LogP contribution < -0.4 is 0 Å². The van der Waals surface area contributed by atoms with Crippen molar-refractivity contribution in [3.8, 4) is 0 Å². The molecule has 1 aromatic rings. The lowest BCUT2D eigenvalue weighted by molar-refractivity contribution is 0.0888. The summed E-state index contributed by atoms with van der Waals surface area (Å²) in [5.41, 5.74) is 3.81. The van der Waals surface area contributed by atoms with E-state index in [1.165, 1.54) is 49.7 Å². The fourth-order valence-corrected chi connectivity index (χ4v) is 3.33. The first-order chi connectivity index (χ1) is 11.2. The van der Waals surface area contributed by atoms with Crippen LogP contribution >= 0.6 is 0 Å². The summed E-state index contributed by atoms with van der Waals surface area (Å²) in [4.78, 5) is 0. The Morgan fingerprint density at radius 1 is 1.08 bits per heavy atom. The molecule has 136 valence electrons. The summed E-state index contributed by atoms with van der Waals surface area (Å²) < 4.78 is 0. The van der Waals surface area contributed by atoms with Crippen LogP contribution in [0.1, 0.15) is 84.3 Å². The molecule has 0 nitrogen and oxygen atoms in total. The summed E-state index contributed by atoms with van der Waals surface area (Å²) in [6.45, 7) is 17.8. The van der Waals surface area contributed by atoms with Gasteiger partial charge >= 0.3 is 0 Å². The van der Waals surface area contributed by atoms with Crippen LogP contribution in [0.2, 0.25) is 0 Å². The predicted molar refractivity (Wildman–Crippen MR) is 110 cm³/mol. The highest BCUT2D eigenvalue weighted by Crippen LogP contribution is 2.48. The SMILES string of the molecule is C1CC1.C=C[C@@]1(C)CCC(C)(C)CC1C.CCc1ccccc1C. The minimum Gasteiger partial charge on any atom is -0.103 e. The maximum atomic E-state index is 3.95. The molecule has 0 spiro atoms. The molecule has 0 saturated heterocycles. The van der Waals surface area contributed by atoms with Gasteiger partial charge in [-0.25, -0.2) is 0 Å². The van der Waals surface area contributed by atoms with E-state index in [9.17, 15) is 0 Å². The molecule has 1 unspecified atom stereocenters. The van der Waals surface area contributed by atoms with Crippen molar-refractivity contribution >= 4 is 0 Å². The average molecular weight is 329 g/mol. The number of hydrogen-bond donors (Lipinski definition) is 0. The van der Waals surface area contributed by atoms with Gasteiger partial charge in [0.25, 0.3) is 0 Å². The maximum absolute atomic E-state index is 3.95. The zero-order chi connectivity index (χ0) is 18.2. The lowest BCUT2D eigenvalue weighted by atomic mass is 9.60. The van der Waals surface area contributed by atoms with Gasteiger partial charge in [-0.15, -0.1) is 6.58 Å². The Morgan fingerprint density at radius 3 is 2.04 bits per heavy atom. The summed E-state index contributed by atoms with van der Waals surface area (Å²) in [7, 11) is 0. The molecule has 2 saturated carbocycles. The highest BCUT2D eigenvalue weighted by molar-refractivity contribution is 5.25. The highest BCUT2D eigenvalue weighted by atomic mass is 14.4. The second-order valence-corrected chi connectivity index (χ2v) is 8.82. The molecule has 0 N–H and O–H groups in total. The van der Waals surface area contributed by atoms with Crippen molar-refractivity contribution < 1.29 is 0 Å². The van der Waals surface area contributed by atoms with Crippen molar-refractivity contribution in [1.82, 2.24) is 0 Å². The second kappa shape index (κ2) is 9.44. The second-order valence-electron chi connectivity index (χ2n) is 8.82. The first-order valence-electron chi connectivity index (χ1n) is 9.92. The van der Waals surface area contributed by atoms with Gasteiger partial charge in [0.2, 0.25) is 0 Å². The summed E-state index contributed by atoms with van der Waals surface area (Å²) >= 11 is 0. The van der Waals surface area contributed by atoms with Gasteiger partial charge in [0.05, 0.1) is 0 Å². The van der Waals surface area contributed by atoms with Gasteiger partial charge in [0.15, 0.2) is 0 Å². The van der Waals surface area contributed by atoms with Gasteiger partial charge in [0, 0.05) is 0 Å². The van der Waals surface area contributed by atoms with Gasteiger partial charge in [-0.2, -0.15) is 0 Å². The van der Waals surface area contributed by atoms with Crippen LogP contribution in [-0.2, 0) is 6.42 Å². The molecule has 0 radical (unpaired) electrons. The Morgan fingerprint density at radius 2 is 1.67 bits per heavy atom. The molecular formula is C24H40. The minimum absolute atomic E-state index is 0.398. The molecular weight excluding hydrogens is 288 g/mol. The van der Waals surface area contributed by atoms with Crippen molar-refractivity contribution in [1.29, 1.82) is 0 Å². The molecule has 2 aliphatic carbocycles. The molecule has 2 aliphatic rings. The number of hydrogen-bond acceptors (Lipinski definition) is 0. The van der Waals surface area contributed by atoms with Crippen molar-refractivity contribution in [2.75, 3.05) is 0 Å². The summed E-state index contributed by atoms with van der Waals surface area (Å²) in [6, 6.07) is 8.49. The first-order valence-corrected chi connectivity index (χ1v) is 9.92. The van der Waals surface area contributed by atoms with Crippen LogP contribution in [0.3, 0.4) is 0 Å². The Bertz CT molecular complexity index is 492. The Kier molecular flexibility index (Phi) is 8.27. The van der Waals surface area contributed by atoms with E-state index in [1.54, 1.807) is 0 Å². The summed E-state index contributed by atoms with van der Waals surface area (Å²) in [6.07, 6.45) is 11.8. The molecule has 2 atom stereocenters. The van der Waals surface area contributed by atoms with Crippen LogP contribution in [0, 0.1) is 23.7 Å². The molecule has 0 aromatic heterocycles. The van der Waals surface area contributed by atoms with Crippen molar-refractivity contribution in [2.24, 2.45) is 16.7 Å². The van der Waals surface area contributed by atoms with E-state index in [2.05, 4.69) is 78.5 Å². The standard InChI is InChI=1S/C12H22.C9H12.C3H6/c1-6-12(5)8-7-11(3,4)9-10(12)2;1-3-9-7-5-4-6-8(9)2;1-2-3-1/h6,10H,1,7-9H2,2-5H3;4-7H,3H2,1-2H3;1-3H2/t10?,12-;;/m0../s1. The van der Waals surface area contributed by atoms with Crippen LogP contribution in [0.5, 0.6) is 0 Å². The van der Waals surface area contributed by atoms with Crippen LogP contribution in [0.15, 0.2) is 36.9 Å². The van der Waals surface area contributed by atoms with Gasteiger partial charge in [-0.3, -0.25) is 0 Å². The van der Waals surface area contributed by atoms with E-state index < -0.39 is 0 Å². The Balaban J connectivity index is 0.000000209. The van der Waals surface area contributed by atoms with E-state index in [-0.39, 0.29) is 0 Å². The molecule has 3 rings (SSSR count). The average Bonchev–Trinajstić information content (AvgIpc) is 3.41. The molecule has 0 aliphatic heterocycles. The third-order valence-corrected chi connectivity index (χ3v) is 5.79. The van der Waals surface area contributed by atoms with Crippen molar-refractivity contribution in [2.45, 2.75) is 86.5 Å². The van der Waals surface area contributed by atoms with Gasteiger partial charge < -0.3 is 0 Å². The van der Waals surface area contributed by atoms with Crippen LogP contribution in [-0.4, -0.2) is 0 Å². The molecule has 2 fully saturated rings. The molecule has 0 heteroatoms. The predicted octanol–water partition coefficient (Wildman–Crippen LogP) is 7.75. The first kappa shape index (κ1) is 21.0. The van der Waals surface area contributed by atoms with Gasteiger partial charge in [-0.05, 0) is 60.5 Å². The fourth-order valence-electron chi connectivity index (χ4n) is 3.33. The maximum Gasteiger partial charge on any atom is -0.0123 e. The van der Waals surface area contributed by atoms with Crippen molar-refractivity contribution in [3.63, 3.8) is 0 Å². The number of aryl methyl sites for hydroxylation is 2. The minimum atomic E-state index is 0.398. The Hall–Kier alpha value is -1.04. The van der Waals surface area contributed by atoms with E-state index >= 15 is 0 Å². The van der Waals surface area contributed by atoms with Crippen molar-refractivity contribution in [3.05, 3.63) is 48.0 Å². The molecule has 0 amide bonds. The van der Waals surface area contributed by atoms with Crippen LogP contribution in [0.4, 0.5) is 0 Å². The quantitative estimate of drug-likeness (QED) is 0.487. The molecule has 1 aromatic carbocycles. The molecule has 24 heavy (non-hydrogen) atoms. The zero-order valence-corrected chi connectivity index (χ0v) is 17.1. The van der Waals surface area contributed by atoms with E-state index in [4.69, 9.17) is 0 Å². The third-order valence-electron chi connectivity index (χ3n) is 5.79. The highest BCUT2D eigenvalue weighted by Gasteiger charge is 2.38. The summed E-state index contributed by atoms with van der Waals surface area (Å²) in [5.74, 6) is 0.791. The van der Waals surface area contributed by atoms with E-state index in [0.717, 1.165) is 12.3 Å².